The molecule has 60 heavy (non-hydrogen) atoms. The highest BCUT2D eigenvalue weighted by molar-refractivity contribution is 6.05. The number of hydrogen-bond acceptors (Lipinski definition) is 8. The summed E-state index contributed by atoms with van der Waals surface area (Å²) in [6, 6.07) is 19.0. The Balaban J connectivity index is 0.728. The summed E-state index contributed by atoms with van der Waals surface area (Å²) in [5.41, 5.74) is 4.62. The van der Waals surface area contributed by atoms with Crippen molar-refractivity contribution in [3.8, 4) is 11.5 Å². The van der Waals surface area contributed by atoms with E-state index in [1.54, 1.807) is 17.0 Å². The molecule has 0 aliphatic carbocycles. The van der Waals surface area contributed by atoms with Gasteiger partial charge in [-0.3, -0.25) is 19.7 Å². The molecule has 0 unspecified atom stereocenters. The number of nitrogens with one attached hydrogen (secondary N) is 1. The minimum absolute atomic E-state index is 0.0133. The smallest absolute Gasteiger partial charge is 0.255 e. The van der Waals surface area contributed by atoms with Crippen LogP contribution in [0.15, 0.2) is 72.8 Å². The van der Waals surface area contributed by atoms with Crippen molar-refractivity contribution in [2.45, 2.75) is 62.9 Å². The molecule has 3 atom stereocenters. The predicted molar refractivity (Wildman–Crippen MR) is 219 cm³/mol. The van der Waals surface area contributed by atoms with E-state index in [0.29, 0.717) is 47.0 Å². The highest BCUT2D eigenvalue weighted by atomic mass is 19.1. The number of phenols is 1. The van der Waals surface area contributed by atoms with Gasteiger partial charge < -0.3 is 29.4 Å². The first-order valence-corrected chi connectivity index (χ1v) is 21.2. The standard InChI is InChI=1S/C47H48F3N5O5/c48-36-2-1-3-37(49)44(36)35-25-60-41-22-32(56)6-8-34(41)43(35)29-4-9-39(38(50)21-29)53-16-12-28(13-17-53)23-52-18-14-47(15-19-52)26-54(27-47)31-5-7-33-30(20-31)24-55(46(33)59)40-10-11-42(57)51-45(40)58/h1-9,20-22,28,35,40,43,56H,10-19,23-27H2,(H,51,57,58)/t35-,40-,43+/m0/s1. The third kappa shape index (κ3) is 6.94. The number of nitrogens with zero attached hydrogens (tertiary/aromatic N) is 4. The molecule has 6 aliphatic heterocycles. The van der Waals surface area contributed by atoms with Gasteiger partial charge in [0.2, 0.25) is 11.8 Å². The van der Waals surface area contributed by atoms with E-state index in [-0.39, 0.29) is 47.4 Å². The number of phenolic OH excluding ortho intramolecular Hbond substituents is 1. The van der Waals surface area contributed by atoms with Crippen LogP contribution in [0.2, 0.25) is 0 Å². The van der Waals surface area contributed by atoms with Crippen molar-refractivity contribution in [2.24, 2.45) is 11.3 Å². The summed E-state index contributed by atoms with van der Waals surface area (Å²) in [5.74, 6) is -2.94. The van der Waals surface area contributed by atoms with Gasteiger partial charge in [-0.25, -0.2) is 13.2 Å². The maximum Gasteiger partial charge on any atom is 0.255 e. The lowest BCUT2D eigenvalue weighted by atomic mass is 9.71. The molecule has 6 aliphatic rings. The minimum atomic E-state index is -0.739. The summed E-state index contributed by atoms with van der Waals surface area (Å²) in [4.78, 5) is 46.0. The summed E-state index contributed by atoms with van der Waals surface area (Å²) in [5, 5.41) is 12.5. The topological polar surface area (TPSA) is 106 Å². The number of aromatic hydroxyl groups is 1. The monoisotopic (exact) mass is 819 g/mol. The van der Waals surface area contributed by atoms with Gasteiger partial charge in [0.1, 0.15) is 35.0 Å². The molecule has 13 heteroatoms. The van der Waals surface area contributed by atoms with E-state index in [4.69, 9.17) is 4.74 Å². The van der Waals surface area contributed by atoms with Crippen molar-refractivity contribution < 1.29 is 37.4 Å². The molecule has 2 N–H and O–H groups in total. The molecule has 10 rings (SSSR count). The molecule has 0 radical (unpaired) electrons. The van der Waals surface area contributed by atoms with Gasteiger partial charge in [0, 0.05) is 91.4 Å². The van der Waals surface area contributed by atoms with Crippen LogP contribution in [0, 0.1) is 28.8 Å². The van der Waals surface area contributed by atoms with Gasteiger partial charge in [-0.15, -0.1) is 0 Å². The number of halogens is 3. The summed E-state index contributed by atoms with van der Waals surface area (Å²) >= 11 is 0. The van der Waals surface area contributed by atoms with E-state index in [0.717, 1.165) is 82.7 Å². The van der Waals surface area contributed by atoms with Gasteiger partial charge in [-0.1, -0.05) is 18.2 Å². The Morgan fingerprint density at radius 1 is 0.817 bits per heavy atom. The summed E-state index contributed by atoms with van der Waals surface area (Å²) in [7, 11) is 0. The quantitative estimate of drug-likeness (QED) is 0.199. The molecule has 3 amide bonds. The molecule has 4 aromatic carbocycles. The number of anilines is 2. The van der Waals surface area contributed by atoms with E-state index < -0.39 is 35.4 Å². The van der Waals surface area contributed by atoms with Crippen molar-refractivity contribution in [3.63, 3.8) is 0 Å². The summed E-state index contributed by atoms with van der Waals surface area (Å²) in [6.07, 6.45) is 4.79. The highest BCUT2D eigenvalue weighted by Crippen LogP contribution is 2.49. The van der Waals surface area contributed by atoms with Crippen molar-refractivity contribution in [1.29, 1.82) is 0 Å². The molecular formula is C47H48F3N5O5. The Morgan fingerprint density at radius 3 is 2.32 bits per heavy atom. The molecule has 1 spiro atoms. The SMILES string of the molecule is O=C1CC[C@H](N2Cc3cc(N4CC5(CCN(CC6CCN(c7ccc([C@@H]8c9ccc(O)cc9OC[C@@H]8c8c(F)cccc8F)cc7F)CC6)CC5)C4)ccc3C2=O)C(=O)N1. The van der Waals surface area contributed by atoms with Crippen molar-refractivity contribution in [1.82, 2.24) is 15.1 Å². The van der Waals surface area contributed by atoms with E-state index in [1.165, 1.54) is 36.4 Å². The Labute approximate surface area is 346 Å². The Bertz CT molecular complexity index is 2350. The van der Waals surface area contributed by atoms with E-state index in [2.05, 4.69) is 26.1 Å². The van der Waals surface area contributed by atoms with E-state index in [1.807, 2.05) is 18.2 Å². The zero-order valence-electron chi connectivity index (χ0n) is 33.3. The highest BCUT2D eigenvalue weighted by Gasteiger charge is 2.46. The van der Waals surface area contributed by atoms with Crippen LogP contribution < -0.4 is 19.9 Å². The number of rotatable bonds is 7. The zero-order chi connectivity index (χ0) is 41.3. The van der Waals surface area contributed by atoms with Gasteiger partial charge in [0.15, 0.2) is 0 Å². The van der Waals surface area contributed by atoms with Crippen LogP contribution in [0.1, 0.15) is 83.0 Å². The Morgan fingerprint density at radius 2 is 1.58 bits per heavy atom. The largest absolute Gasteiger partial charge is 0.508 e. The van der Waals surface area contributed by atoms with Gasteiger partial charge in [-0.05, 0) is 111 Å². The third-order valence-electron chi connectivity index (χ3n) is 14.2. The van der Waals surface area contributed by atoms with Crippen LogP contribution >= 0.6 is 0 Å². The number of piperidine rings is 3. The lowest BCUT2D eigenvalue weighted by Gasteiger charge is -2.55. The molecule has 0 saturated carbocycles. The van der Waals surface area contributed by atoms with Crippen molar-refractivity contribution in [2.75, 3.05) is 62.2 Å². The average Bonchev–Trinajstić information content (AvgIpc) is 3.55. The number of amides is 3. The van der Waals surface area contributed by atoms with Crippen LogP contribution in [0.25, 0.3) is 0 Å². The first kappa shape index (κ1) is 38.6. The van der Waals surface area contributed by atoms with Crippen molar-refractivity contribution in [3.05, 3.63) is 118 Å². The van der Waals surface area contributed by atoms with Gasteiger partial charge in [0.05, 0.1) is 12.3 Å². The fourth-order valence-corrected chi connectivity index (χ4v) is 10.8. The van der Waals surface area contributed by atoms with Crippen molar-refractivity contribution >= 4 is 29.1 Å². The van der Waals surface area contributed by atoms with Gasteiger partial charge in [-0.2, -0.15) is 0 Å². The number of imide groups is 1. The lowest BCUT2D eigenvalue weighted by molar-refractivity contribution is -0.136. The first-order valence-electron chi connectivity index (χ1n) is 21.2. The number of hydrogen-bond donors (Lipinski definition) is 2. The molecule has 4 aromatic rings. The average molecular weight is 820 g/mol. The molecule has 0 aromatic heterocycles. The zero-order valence-corrected chi connectivity index (χ0v) is 33.3. The maximum absolute atomic E-state index is 16.1. The maximum atomic E-state index is 16.1. The van der Waals surface area contributed by atoms with E-state index in [9.17, 15) is 19.5 Å². The molecule has 4 fully saturated rings. The molecule has 0 bridgehead atoms. The van der Waals surface area contributed by atoms with Crippen LogP contribution in [-0.4, -0.2) is 91.1 Å². The Kier molecular flexibility index (Phi) is 9.76. The van der Waals surface area contributed by atoms with Crippen LogP contribution in [-0.2, 0) is 16.1 Å². The third-order valence-corrected chi connectivity index (χ3v) is 14.2. The van der Waals surface area contributed by atoms with E-state index >= 15 is 13.2 Å². The van der Waals surface area contributed by atoms with Gasteiger partial charge in [0.25, 0.3) is 5.91 Å². The minimum Gasteiger partial charge on any atom is -0.508 e. The fourth-order valence-electron chi connectivity index (χ4n) is 10.8. The second-order valence-corrected chi connectivity index (χ2v) is 17.8. The number of likely N-dealkylation sites (tertiary alicyclic amines) is 1. The molecule has 4 saturated heterocycles. The Hall–Kier alpha value is -5.56. The summed E-state index contributed by atoms with van der Waals surface area (Å²) in [6.45, 7) is 6.95. The molecular weight excluding hydrogens is 772 g/mol. The summed E-state index contributed by atoms with van der Waals surface area (Å²) < 4.78 is 52.2. The molecule has 10 nitrogen and oxygen atoms in total. The second kappa shape index (κ2) is 15.2. The normalized spacial score (nSPS) is 24.2. The fraction of sp³-hybridized carbons (Fsp3) is 0.426. The molecule has 6 heterocycles. The number of ether oxygens (including phenoxy) is 1. The number of carbonyl (C=O) groups is 3. The predicted octanol–water partition coefficient (Wildman–Crippen LogP) is 6.70. The molecule has 312 valence electrons. The number of carbonyl (C=O) groups excluding carboxylic acids is 3. The van der Waals surface area contributed by atoms with Gasteiger partial charge >= 0.3 is 0 Å². The number of fused-ring (bicyclic) bond motifs is 2. The van der Waals surface area contributed by atoms with Crippen LogP contribution in [0.3, 0.4) is 0 Å². The number of benzene rings is 4. The van der Waals surface area contributed by atoms with Crippen LogP contribution in [0.5, 0.6) is 11.5 Å². The van der Waals surface area contributed by atoms with Crippen LogP contribution in [0.4, 0.5) is 24.5 Å². The lowest BCUT2D eigenvalue weighted by Crippen LogP contribution is -2.60. The second-order valence-electron chi connectivity index (χ2n) is 17.8. The first-order chi connectivity index (χ1) is 29.0.